The molecule has 0 aliphatic rings. The van der Waals surface area contributed by atoms with Crippen LogP contribution >= 0.6 is 11.6 Å². The first-order valence-electron chi connectivity index (χ1n) is 5.77. The molecular weight excluding hydrogens is 250 g/mol. The fourth-order valence-corrected chi connectivity index (χ4v) is 2.44. The predicted molar refractivity (Wildman–Crippen MR) is 72.5 cm³/mol. The second-order valence-electron chi connectivity index (χ2n) is 4.22. The Bertz CT molecular complexity index is 788. The van der Waals surface area contributed by atoms with Crippen LogP contribution in [0, 0.1) is 6.92 Å². The number of nitrogens with one attached hydrogen (secondary N) is 1. The third kappa shape index (κ3) is 1.53. The van der Waals surface area contributed by atoms with E-state index in [0.29, 0.717) is 23.6 Å². The zero-order valence-corrected chi connectivity index (χ0v) is 10.7. The number of fused-ring (bicyclic) bond motifs is 3. The average Bonchev–Trinajstić information content (AvgIpc) is 2.72. The number of H-pyrrole nitrogens is 1. The fraction of sp³-hybridized carbons (Fsp3) is 0.231. The summed E-state index contributed by atoms with van der Waals surface area (Å²) < 4.78 is 1.62. The molecule has 92 valence electrons. The SMILES string of the molecule is Cc1nc2[nH]c3ccccc3n2c(=O)c1CCCl. The summed E-state index contributed by atoms with van der Waals surface area (Å²) >= 11 is 5.74. The third-order valence-electron chi connectivity index (χ3n) is 3.12. The van der Waals surface area contributed by atoms with E-state index in [0.717, 1.165) is 16.7 Å². The fourth-order valence-electron chi connectivity index (χ4n) is 2.25. The molecule has 18 heavy (non-hydrogen) atoms. The number of hydrogen-bond acceptors (Lipinski definition) is 2. The number of imidazole rings is 1. The van der Waals surface area contributed by atoms with E-state index in [-0.39, 0.29) is 5.56 Å². The number of halogens is 1. The molecule has 2 aromatic heterocycles. The lowest BCUT2D eigenvalue weighted by Crippen LogP contribution is -2.21. The van der Waals surface area contributed by atoms with E-state index < -0.39 is 0 Å². The summed E-state index contributed by atoms with van der Waals surface area (Å²) in [4.78, 5) is 20.0. The molecule has 0 radical (unpaired) electrons. The van der Waals surface area contributed by atoms with Crippen molar-refractivity contribution in [3.8, 4) is 0 Å². The second kappa shape index (κ2) is 4.14. The molecule has 2 heterocycles. The van der Waals surface area contributed by atoms with Gasteiger partial charge in [0.15, 0.2) is 0 Å². The van der Waals surface area contributed by atoms with Gasteiger partial charge in [0.25, 0.3) is 5.56 Å². The Balaban J connectivity index is 2.49. The lowest BCUT2D eigenvalue weighted by molar-refractivity contribution is 0.954. The topological polar surface area (TPSA) is 50.2 Å². The molecule has 0 saturated heterocycles. The van der Waals surface area contributed by atoms with Gasteiger partial charge in [-0.2, -0.15) is 0 Å². The van der Waals surface area contributed by atoms with Crippen molar-refractivity contribution in [2.45, 2.75) is 13.3 Å². The normalized spacial score (nSPS) is 11.4. The Labute approximate surface area is 108 Å². The first-order chi connectivity index (χ1) is 8.72. The molecule has 3 aromatic rings. The van der Waals surface area contributed by atoms with Gasteiger partial charge in [0.1, 0.15) is 0 Å². The summed E-state index contributed by atoms with van der Waals surface area (Å²) in [5.74, 6) is 1.00. The molecule has 0 aliphatic carbocycles. The van der Waals surface area contributed by atoms with Crippen molar-refractivity contribution in [1.82, 2.24) is 14.4 Å². The van der Waals surface area contributed by atoms with E-state index in [2.05, 4.69) is 9.97 Å². The minimum absolute atomic E-state index is 0.0319. The molecule has 3 rings (SSSR count). The minimum Gasteiger partial charge on any atom is -0.323 e. The van der Waals surface area contributed by atoms with Gasteiger partial charge in [-0.15, -0.1) is 11.6 Å². The molecule has 5 heteroatoms. The number of aromatic amines is 1. The molecular formula is C13H12ClN3O. The second-order valence-corrected chi connectivity index (χ2v) is 4.60. The van der Waals surface area contributed by atoms with E-state index in [4.69, 9.17) is 11.6 Å². The van der Waals surface area contributed by atoms with Crippen molar-refractivity contribution in [2.24, 2.45) is 0 Å². The van der Waals surface area contributed by atoms with Crippen molar-refractivity contribution in [1.29, 1.82) is 0 Å². The highest BCUT2D eigenvalue weighted by atomic mass is 35.5. The number of rotatable bonds is 2. The highest BCUT2D eigenvalue weighted by Gasteiger charge is 2.12. The highest BCUT2D eigenvalue weighted by molar-refractivity contribution is 6.18. The summed E-state index contributed by atoms with van der Waals surface area (Å²) in [6.07, 6.45) is 0.543. The van der Waals surface area contributed by atoms with Gasteiger partial charge in [-0.1, -0.05) is 12.1 Å². The smallest absolute Gasteiger partial charge is 0.263 e. The predicted octanol–water partition coefficient (Wildman–Crippen LogP) is 2.27. The van der Waals surface area contributed by atoms with Gasteiger partial charge >= 0.3 is 0 Å². The Morgan fingerprint density at radius 3 is 2.94 bits per heavy atom. The van der Waals surface area contributed by atoms with Crippen LogP contribution in [0.5, 0.6) is 0 Å². The molecule has 0 aliphatic heterocycles. The quantitative estimate of drug-likeness (QED) is 0.720. The monoisotopic (exact) mass is 261 g/mol. The van der Waals surface area contributed by atoms with Crippen LogP contribution in [0.3, 0.4) is 0 Å². The van der Waals surface area contributed by atoms with Gasteiger partial charge in [0.05, 0.1) is 16.7 Å². The van der Waals surface area contributed by atoms with E-state index in [1.165, 1.54) is 0 Å². The van der Waals surface area contributed by atoms with Gasteiger partial charge in [-0.3, -0.25) is 4.79 Å². The standard InChI is InChI=1S/C13H12ClN3O/c1-8-9(6-7-14)12(18)17-11-5-3-2-4-10(11)16-13(17)15-8/h2-5H,6-7H2,1H3,(H,15,16). The third-order valence-corrected chi connectivity index (χ3v) is 3.31. The van der Waals surface area contributed by atoms with Crippen molar-refractivity contribution >= 4 is 28.4 Å². The van der Waals surface area contributed by atoms with Gasteiger partial charge < -0.3 is 4.98 Å². The van der Waals surface area contributed by atoms with E-state index in [9.17, 15) is 4.79 Å². The Hall–Kier alpha value is -1.81. The van der Waals surface area contributed by atoms with Crippen LogP contribution in [0.15, 0.2) is 29.1 Å². The largest absolute Gasteiger partial charge is 0.323 e. The van der Waals surface area contributed by atoms with Crippen molar-refractivity contribution in [3.63, 3.8) is 0 Å². The molecule has 1 aromatic carbocycles. The molecule has 1 N–H and O–H groups in total. The van der Waals surface area contributed by atoms with Crippen molar-refractivity contribution in [2.75, 3.05) is 5.88 Å². The van der Waals surface area contributed by atoms with Gasteiger partial charge in [-0.05, 0) is 25.5 Å². The number of alkyl halides is 1. The number of benzene rings is 1. The van der Waals surface area contributed by atoms with Crippen LogP contribution in [0.2, 0.25) is 0 Å². The van der Waals surface area contributed by atoms with Crippen molar-refractivity contribution < 1.29 is 0 Å². The zero-order chi connectivity index (χ0) is 12.7. The zero-order valence-electron chi connectivity index (χ0n) is 9.90. The molecule has 0 bridgehead atoms. The van der Waals surface area contributed by atoms with E-state index in [1.807, 2.05) is 31.2 Å². The highest BCUT2D eigenvalue weighted by Crippen LogP contribution is 2.14. The summed E-state index contributed by atoms with van der Waals surface area (Å²) in [6, 6.07) is 7.67. The Kier molecular flexibility index (Phi) is 2.59. The summed E-state index contributed by atoms with van der Waals surface area (Å²) in [5.41, 5.74) is 3.15. The lowest BCUT2D eigenvalue weighted by Gasteiger charge is -2.03. The maximum absolute atomic E-state index is 12.5. The summed E-state index contributed by atoms with van der Waals surface area (Å²) in [6.45, 7) is 1.84. The minimum atomic E-state index is -0.0319. The van der Waals surface area contributed by atoms with Crippen LogP contribution in [0.1, 0.15) is 11.3 Å². The molecule has 0 spiro atoms. The molecule has 0 saturated carbocycles. The van der Waals surface area contributed by atoms with Crippen molar-refractivity contribution in [3.05, 3.63) is 45.9 Å². The van der Waals surface area contributed by atoms with Crippen LogP contribution in [0.25, 0.3) is 16.8 Å². The number of nitrogens with zero attached hydrogens (tertiary/aromatic N) is 2. The maximum Gasteiger partial charge on any atom is 0.263 e. The Morgan fingerprint density at radius 2 is 2.17 bits per heavy atom. The van der Waals surface area contributed by atoms with Crippen LogP contribution < -0.4 is 5.56 Å². The average molecular weight is 262 g/mol. The number of aryl methyl sites for hydroxylation is 1. The molecule has 0 fully saturated rings. The van der Waals surface area contributed by atoms with Crippen LogP contribution in [0.4, 0.5) is 0 Å². The summed E-state index contributed by atoms with van der Waals surface area (Å²) in [5, 5.41) is 0. The molecule has 0 atom stereocenters. The molecule has 0 amide bonds. The van der Waals surface area contributed by atoms with E-state index in [1.54, 1.807) is 4.40 Å². The first-order valence-corrected chi connectivity index (χ1v) is 6.30. The maximum atomic E-state index is 12.5. The summed E-state index contributed by atoms with van der Waals surface area (Å²) in [7, 11) is 0. The van der Waals surface area contributed by atoms with Gasteiger partial charge in [0, 0.05) is 11.4 Å². The number of hydrogen-bond donors (Lipinski definition) is 1. The first kappa shape index (κ1) is 11.3. The molecule has 0 unspecified atom stereocenters. The number of para-hydroxylation sites is 2. The van der Waals surface area contributed by atoms with E-state index >= 15 is 0 Å². The van der Waals surface area contributed by atoms with Crippen LogP contribution in [-0.4, -0.2) is 20.2 Å². The molecule has 4 nitrogen and oxygen atoms in total. The van der Waals surface area contributed by atoms with Gasteiger partial charge in [0.2, 0.25) is 5.78 Å². The lowest BCUT2D eigenvalue weighted by atomic mass is 10.2. The number of aromatic nitrogens is 3. The van der Waals surface area contributed by atoms with Gasteiger partial charge in [-0.25, -0.2) is 9.38 Å². The Morgan fingerprint density at radius 1 is 1.39 bits per heavy atom. The van der Waals surface area contributed by atoms with Crippen LogP contribution in [-0.2, 0) is 6.42 Å².